The number of carbonyl (C=O) groups is 1. The summed E-state index contributed by atoms with van der Waals surface area (Å²) in [7, 11) is -3.33. The summed E-state index contributed by atoms with van der Waals surface area (Å²) in [6, 6.07) is 24.4. The van der Waals surface area contributed by atoms with E-state index in [1.54, 1.807) is 47.5 Å². The van der Waals surface area contributed by atoms with Crippen molar-refractivity contribution in [3.8, 4) is 22.6 Å². The minimum Gasteiger partial charge on any atom is -0.487 e. The highest BCUT2D eigenvalue weighted by molar-refractivity contribution is 7.89. The van der Waals surface area contributed by atoms with Gasteiger partial charge in [0.1, 0.15) is 17.1 Å². The standard InChI is InChI=1S/C34H33ClN2O5S/c1-24-20-30(10-11-31(24)35)41-33(38)37-18-15-34(16-19-37)14-13-28-21-27(9-12-32(28)42-34)26-7-5-25(6-8-26)22-43(39,40)23-29-4-2-3-17-36-29/h2-12,17,20-21H,13-16,18-19,22-23H2,1H3. The van der Waals surface area contributed by atoms with Gasteiger partial charge in [-0.05, 0) is 90.0 Å². The summed E-state index contributed by atoms with van der Waals surface area (Å²) in [6.07, 6.45) is 4.52. The fourth-order valence-corrected chi connectivity index (χ4v) is 7.34. The lowest BCUT2D eigenvalue weighted by molar-refractivity contribution is -0.00948. The zero-order chi connectivity index (χ0) is 30.0. The molecule has 1 spiro atoms. The highest BCUT2D eigenvalue weighted by Crippen LogP contribution is 2.41. The normalized spacial score (nSPS) is 15.9. The first-order valence-electron chi connectivity index (χ1n) is 14.4. The summed E-state index contributed by atoms with van der Waals surface area (Å²) in [5, 5.41) is 0.639. The number of sulfone groups is 1. The van der Waals surface area contributed by atoms with Gasteiger partial charge in [-0.1, -0.05) is 48.0 Å². The first-order valence-corrected chi connectivity index (χ1v) is 16.6. The molecule has 2 aliphatic rings. The largest absolute Gasteiger partial charge is 0.487 e. The van der Waals surface area contributed by atoms with E-state index in [4.69, 9.17) is 21.1 Å². The average molecular weight is 617 g/mol. The molecule has 7 nitrogen and oxygen atoms in total. The summed E-state index contributed by atoms with van der Waals surface area (Å²) in [5.41, 5.74) is 5.13. The number of benzene rings is 3. The molecular weight excluding hydrogens is 584 g/mol. The van der Waals surface area contributed by atoms with E-state index in [0.29, 0.717) is 29.6 Å². The summed E-state index contributed by atoms with van der Waals surface area (Å²) in [4.78, 5) is 18.6. The van der Waals surface area contributed by atoms with Gasteiger partial charge in [0, 0.05) is 37.2 Å². The number of aryl methyl sites for hydroxylation is 2. The summed E-state index contributed by atoms with van der Waals surface area (Å²) in [5.74, 6) is 1.28. The number of aromatic nitrogens is 1. The number of nitrogens with zero attached hydrogens (tertiary/aromatic N) is 2. The number of likely N-dealkylation sites (tertiary alicyclic amines) is 1. The van der Waals surface area contributed by atoms with Crippen LogP contribution in [0.3, 0.4) is 0 Å². The van der Waals surface area contributed by atoms with Gasteiger partial charge in [-0.15, -0.1) is 0 Å². The van der Waals surface area contributed by atoms with E-state index in [9.17, 15) is 13.2 Å². The quantitative estimate of drug-likeness (QED) is 0.228. The molecule has 0 radical (unpaired) electrons. The van der Waals surface area contributed by atoms with E-state index in [1.807, 2.05) is 43.3 Å². The molecule has 0 atom stereocenters. The van der Waals surface area contributed by atoms with Crippen LogP contribution in [0.25, 0.3) is 11.1 Å². The second kappa shape index (κ2) is 12.0. The molecule has 1 amide bonds. The van der Waals surface area contributed by atoms with Crippen LogP contribution in [0.5, 0.6) is 11.5 Å². The van der Waals surface area contributed by atoms with Gasteiger partial charge in [0.2, 0.25) is 0 Å². The molecular formula is C34H33ClN2O5S. The Morgan fingerprint density at radius 2 is 1.72 bits per heavy atom. The molecule has 1 fully saturated rings. The second-order valence-corrected chi connectivity index (χ2v) is 13.9. The fourth-order valence-electron chi connectivity index (χ4n) is 5.80. The number of amides is 1. The molecule has 3 aromatic carbocycles. The van der Waals surface area contributed by atoms with E-state index in [0.717, 1.165) is 59.3 Å². The molecule has 222 valence electrons. The van der Waals surface area contributed by atoms with Crippen molar-refractivity contribution in [1.29, 1.82) is 0 Å². The number of piperidine rings is 1. The Morgan fingerprint density at radius 1 is 0.953 bits per heavy atom. The lowest BCUT2D eigenvalue weighted by atomic mass is 9.82. The van der Waals surface area contributed by atoms with Gasteiger partial charge in [-0.2, -0.15) is 0 Å². The van der Waals surface area contributed by atoms with Crippen LogP contribution in [0.15, 0.2) is 85.1 Å². The van der Waals surface area contributed by atoms with Crippen molar-refractivity contribution in [3.05, 3.63) is 112 Å². The zero-order valence-electron chi connectivity index (χ0n) is 24.0. The van der Waals surface area contributed by atoms with E-state index in [1.165, 1.54) is 0 Å². The van der Waals surface area contributed by atoms with Crippen LogP contribution in [0.1, 0.15) is 41.6 Å². The van der Waals surface area contributed by atoms with Crippen molar-refractivity contribution in [2.45, 2.75) is 49.7 Å². The minimum absolute atomic E-state index is 0.0279. The predicted octanol–water partition coefficient (Wildman–Crippen LogP) is 7.18. The molecule has 0 N–H and O–H groups in total. The van der Waals surface area contributed by atoms with Crippen LogP contribution >= 0.6 is 11.6 Å². The topological polar surface area (TPSA) is 85.8 Å². The SMILES string of the molecule is Cc1cc(OC(=O)N2CCC3(CCc4cc(-c5ccc(CS(=O)(=O)Cc6ccccn6)cc5)ccc4O3)CC2)ccc1Cl. The van der Waals surface area contributed by atoms with Gasteiger partial charge in [-0.3, -0.25) is 4.98 Å². The number of carbonyl (C=O) groups excluding carboxylic acids is 1. The molecule has 2 aliphatic heterocycles. The van der Waals surface area contributed by atoms with Crippen molar-refractivity contribution in [1.82, 2.24) is 9.88 Å². The predicted molar refractivity (Wildman–Crippen MR) is 167 cm³/mol. The number of ether oxygens (including phenoxy) is 2. The van der Waals surface area contributed by atoms with Crippen LogP contribution in [0, 0.1) is 6.92 Å². The van der Waals surface area contributed by atoms with E-state index in [-0.39, 0.29) is 23.2 Å². The lowest BCUT2D eigenvalue weighted by Crippen LogP contribution is -2.51. The molecule has 3 heterocycles. The molecule has 0 bridgehead atoms. The Bertz CT molecular complexity index is 1730. The molecule has 1 saturated heterocycles. The zero-order valence-corrected chi connectivity index (χ0v) is 25.5. The number of fused-ring (bicyclic) bond motifs is 1. The van der Waals surface area contributed by atoms with E-state index >= 15 is 0 Å². The monoisotopic (exact) mass is 616 g/mol. The third-order valence-electron chi connectivity index (χ3n) is 8.27. The maximum atomic E-state index is 12.8. The van der Waals surface area contributed by atoms with Crippen molar-refractivity contribution in [3.63, 3.8) is 0 Å². The Morgan fingerprint density at radius 3 is 2.44 bits per heavy atom. The van der Waals surface area contributed by atoms with Crippen LogP contribution in [-0.2, 0) is 27.8 Å². The summed E-state index contributed by atoms with van der Waals surface area (Å²) >= 11 is 6.09. The highest BCUT2D eigenvalue weighted by atomic mass is 35.5. The van der Waals surface area contributed by atoms with Crippen molar-refractivity contribution in [2.75, 3.05) is 13.1 Å². The Hall–Kier alpha value is -3.88. The molecule has 9 heteroatoms. The van der Waals surface area contributed by atoms with Crippen LogP contribution in [0.4, 0.5) is 4.79 Å². The van der Waals surface area contributed by atoms with Gasteiger partial charge < -0.3 is 14.4 Å². The molecule has 6 rings (SSSR count). The number of hydrogen-bond acceptors (Lipinski definition) is 6. The Labute approximate surface area is 257 Å². The van der Waals surface area contributed by atoms with Crippen LogP contribution in [-0.4, -0.2) is 43.1 Å². The van der Waals surface area contributed by atoms with Gasteiger partial charge in [0.25, 0.3) is 0 Å². The third kappa shape index (κ3) is 6.86. The molecule has 43 heavy (non-hydrogen) atoms. The number of halogens is 1. The maximum absolute atomic E-state index is 12.8. The average Bonchev–Trinajstić information content (AvgIpc) is 2.99. The first kappa shape index (κ1) is 29.2. The minimum atomic E-state index is -3.33. The maximum Gasteiger partial charge on any atom is 0.415 e. The van der Waals surface area contributed by atoms with Crippen molar-refractivity contribution < 1.29 is 22.7 Å². The number of rotatable bonds is 6. The first-order chi connectivity index (χ1) is 20.7. The second-order valence-electron chi connectivity index (χ2n) is 11.4. The number of pyridine rings is 1. The van der Waals surface area contributed by atoms with E-state index in [2.05, 4.69) is 11.1 Å². The fraction of sp³-hybridized carbons (Fsp3) is 0.294. The molecule has 4 aromatic rings. The van der Waals surface area contributed by atoms with Crippen molar-refractivity contribution in [2.24, 2.45) is 0 Å². The van der Waals surface area contributed by atoms with E-state index < -0.39 is 9.84 Å². The molecule has 1 aromatic heterocycles. The van der Waals surface area contributed by atoms with Gasteiger partial charge >= 0.3 is 6.09 Å². The molecule has 0 unspecified atom stereocenters. The lowest BCUT2D eigenvalue weighted by Gasteiger charge is -2.44. The summed E-state index contributed by atoms with van der Waals surface area (Å²) in [6.45, 7) is 3.02. The van der Waals surface area contributed by atoms with Gasteiger partial charge in [0.15, 0.2) is 9.84 Å². The summed E-state index contributed by atoms with van der Waals surface area (Å²) < 4.78 is 37.5. The van der Waals surface area contributed by atoms with Crippen LogP contribution < -0.4 is 9.47 Å². The smallest absolute Gasteiger partial charge is 0.415 e. The number of hydrogen-bond donors (Lipinski definition) is 0. The molecule has 0 saturated carbocycles. The van der Waals surface area contributed by atoms with Gasteiger partial charge in [0.05, 0.1) is 17.2 Å². The molecule has 0 aliphatic carbocycles. The van der Waals surface area contributed by atoms with Crippen molar-refractivity contribution >= 4 is 27.5 Å². The Balaban J connectivity index is 1.05. The Kier molecular flexibility index (Phi) is 8.16. The highest BCUT2D eigenvalue weighted by Gasteiger charge is 2.41. The van der Waals surface area contributed by atoms with Gasteiger partial charge in [-0.25, -0.2) is 13.2 Å². The third-order valence-corrected chi connectivity index (χ3v) is 10.2. The van der Waals surface area contributed by atoms with Crippen LogP contribution in [0.2, 0.25) is 5.02 Å².